The molecule has 1 atom stereocenters. The zero-order chi connectivity index (χ0) is 14.2. The zero-order valence-corrected chi connectivity index (χ0v) is 11.1. The number of ether oxygens (including phenoxy) is 2. The van der Waals surface area contributed by atoms with Crippen LogP contribution in [0.1, 0.15) is 32.1 Å². The second-order valence-electron chi connectivity index (χ2n) is 3.68. The highest BCUT2D eigenvalue weighted by Crippen LogP contribution is 2.29. The molecule has 0 aliphatic carbocycles. The molecule has 0 N–H and O–H groups in total. The molecule has 8 heteroatoms. The summed E-state index contributed by atoms with van der Waals surface area (Å²) in [4.78, 5) is 30.3. The predicted octanol–water partition coefficient (Wildman–Crippen LogP) is 1.49. The van der Waals surface area contributed by atoms with E-state index in [1.807, 2.05) is 0 Å². The van der Waals surface area contributed by atoms with Crippen molar-refractivity contribution in [3.05, 3.63) is 10.1 Å². The average molecular weight is 282 g/mol. The summed E-state index contributed by atoms with van der Waals surface area (Å²) in [6.45, 7) is 0. The number of esters is 2. The standard InChI is InChI=1S/C10H16ClNO6/c1-17-8(13)4-3-6-10(11,12(15)16)7-5-9(14)18-2/h3-7H2,1-2H3. The third-order valence-electron chi connectivity index (χ3n) is 2.44. The van der Waals surface area contributed by atoms with Crippen LogP contribution in [0.3, 0.4) is 0 Å². The lowest BCUT2D eigenvalue weighted by Crippen LogP contribution is -2.33. The highest BCUT2D eigenvalue weighted by atomic mass is 35.5. The van der Waals surface area contributed by atoms with Gasteiger partial charge in [0.25, 0.3) is 5.00 Å². The number of rotatable bonds is 8. The van der Waals surface area contributed by atoms with Gasteiger partial charge in [-0.2, -0.15) is 0 Å². The van der Waals surface area contributed by atoms with Crippen LogP contribution >= 0.6 is 11.6 Å². The van der Waals surface area contributed by atoms with Gasteiger partial charge in [0.15, 0.2) is 0 Å². The number of methoxy groups -OCH3 is 2. The van der Waals surface area contributed by atoms with E-state index < -0.39 is 21.9 Å². The maximum absolute atomic E-state index is 10.9. The number of carbonyl (C=O) groups excluding carboxylic acids is 2. The number of hydrogen-bond acceptors (Lipinski definition) is 6. The van der Waals surface area contributed by atoms with Gasteiger partial charge in [-0.15, -0.1) is 0 Å². The Morgan fingerprint density at radius 3 is 2.11 bits per heavy atom. The van der Waals surface area contributed by atoms with E-state index in [4.69, 9.17) is 11.6 Å². The molecule has 0 spiro atoms. The Hall–Kier alpha value is -1.37. The van der Waals surface area contributed by atoms with Crippen molar-refractivity contribution in [1.82, 2.24) is 0 Å². The summed E-state index contributed by atoms with van der Waals surface area (Å²) in [6, 6.07) is 0. The van der Waals surface area contributed by atoms with Gasteiger partial charge in [0.05, 0.1) is 20.6 Å². The van der Waals surface area contributed by atoms with Crippen LogP contribution in [0.4, 0.5) is 0 Å². The molecule has 0 aliphatic rings. The van der Waals surface area contributed by atoms with E-state index in [0.717, 1.165) is 0 Å². The minimum Gasteiger partial charge on any atom is -0.469 e. The molecule has 1 unspecified atom stereocenters. The topological polar surface area (TPSA) is 95.7 Å². The Bertz CT molecular complexity index is 321. The summed E-state index contributed by atoms with van der Waals surface area (Å²) in [7, 11) is 2.43. The van der Waals surface area contributed by atoms with Gasteiger partial charge in [-0.25, -0.2) is 0 Å². The first-order valence-corrected chi connectivity index (χ1v) is 5.70. The maximum atomic E-state index is 10.9. The molecule has 18 heavy (non-hydrogen) atoms. The Kier molecular flexibility index (Phi) is 7.26. The Morgan fingerprint density at radius 2 is 1.67 bits per heavy atom. The fraction of sp³-hybridized carbons (Fsp3) is 0.800. The summed E-state index contributed by atoms with van der Waals surface area (Å²) in [5.41, 5.74) is 0. The van der Waals surface area contributed by atoms with Crippen molar-refractivity contribution in [3.63, 3.8) is 0 Å². The lowest BCUT2D eigenvalue weighted by atomic mass is 10.0. The smallest absolute Gasteiger partial charge is 0.305 e. The highest BCUT2D eigenvalue weighted by molar-refractivity contribution is 6.22. The van der Waals surface area contributed by atoms with Crippen LogP contribution < -0.4 is 0 Å². The second kappa shape index (κ2) is 7.86. The summed E-state index contributed by atoms with van der Waals surface area (Å²) in [5, 5.41) is 10.9. The van der Waals surface area contributed by atoms with Crippen molar-refractivity contribution in [2.45, 2.75) is 37.1 Å². The van der Waals surface area contributed by atoms with Crippen LogP contribution in [0.2, 0.25) is 0 Å². The van der Waals surface area contributed by atoms with Crippen LogP contribution in [-0.2, 0) is 19.1 Å². The number of hydrogen-bond donors (Lipinski definition) is 0. The normalized spacial score (nSPS) is 13.5. The summed E-state index contributed by atoms with van der Waals surface area (Å²) in [6.07, 6.45) is -0.0301. The van der Waals surface area contributed by atoms with E-state index in [1.165, 1.54) is 14.2 Å². The van der Waals surface area contributed by atoms with Gasteiger partial charge >= 0.3 is 11.9 Å². The molecule has 0 fully saturated rings. The molecule has 0 saturated heterocycles. The zero-order valence-electron chi connectivity index (χ0n) is 10.3. The van der Waals surface area contributed by atoms with Crippen molar-refractivity contribution in [1.29, 1.82) is 0 Å². The monoisotopic (exact) mass is 281 g/mol. The molecule has 0 aromatic carbocycles. The van der Waals surface area contributed by atoms with E-state index in [2.05, 4.69) is 9.47 Å². The number of carbonyl (C=O) groups is 2. The van der Waals surface area contributed by atoms with Gasteiger partial charge in [-0.1, -0.05) is 0 Å². The van der Waals surface area contributed by atoms with Crippen LogP contribution in [0.5, 0.6) is 0 Å². The van der Waals surface area contributed by atoms with E-state index in [1.54, 1.807) is 0 Å². The molecular formula is C10H16ClNO6. The predicted molar refractivity (Wildman–Crippen MR) is 62.7 cm³/mol. The molecule has 0 aromatic rings. The van der Waals surface area contributed by atoms with E-state index in [-0.39, 0.29) is 32.1 Å². The van der Waals surface area contributed by atoms with Crippen molar-refractivity contribution in [3.8, 4) is 0 Å². The molecule has 104 valence electrons. The molecule has 7 nitrogen and oxygen atoms in total. The minimum absolute atomic E-state index is 0.0202. The first-order chi connectivity index (χ1) is 8.35. The second-order valence-corrected chi connectivity index (χ2v) is 4.38. The summed E-state index contributed by atoms with van der Waals surface area (Å²) in [5.74, 6) is -1.01. The van der Waals surface area contributed by atoms with Gasteiger partial charge in [-0.3, -0.25) is 19.7 Å². The number of halogens is 1. The molecule has 0 aliphatic heterocycles. The lowest BCUT2D eigenvalue weighted by molar-refractivity contribution is -0.544. The van der Waals surface area contributed by atoms with Gasteiger partial charge in [0.2, 0.25) is 0 Å². The van der Waals surface area contributed by atoms with Crippen molar-refractivity contribution in [2.75, 3.05) is 14.2 Å². The largest absolute Gasteiger partial charge is 0.469 e. The van der Waals surface area contributed by atoms with E-state index in [0.29, 0.717) is 0 Å². The van der Waals surface area contributed by atoms with E-state index >= 15 is 0 Å². The lowest BCUT2D eigenvalue weighted by Gasteiger charge is -2.17. The quantitative estimate of drug-likeness (QED) is 0.220. The van der Waals surface area contributed by atoms with Gasteiger partial charge < -0.3 is 9.47 Å². The van der Waals surface area contributed by atoms with Gasteiger partial charge in [0.1, 0.15) is 0 Å². The fourth-order valence-electron chi connectivity index (χ4n) is 1.31. The molecule has 0 saturated carbocycles. The van der Waals surface area contributed by atoms with Crippen LogP contribution in [0.25, 0.3) is 0 Å². The molecule has 0 aromatic heterocycles. The van der Waals surface area contributed by atoms with Crippen molar-refractivity contribution < 1.29 is 24.0 Å². The molecule has 0 rings (SSSR count). The van der Waals surface area contributed by atoms with Crippen molar-refractivity contribution >= 4 is 23.5 Å². The number of alkyl halides is 1. The van der Waals surface area contributed by atoms with Crippen LogP contribution in [0.15, 0.2) is 0 Å². The first-order valence-electron chi connectivity index (χ1n) is 5.32. The third-order valence-corrected chi connectivity index (χ3v) is 2.95. The number of nitrogens with zero attached hydrogens (tertiary/aromatic N) is 1. The minimum atomic E-state index is -1.75. The Balaban J connectivity index is 4.30. The molecular weight excluding hydrogens is 266 g/mol. The summed E-state index contributed by atoms with van der Waals surface area (Å²) < 4.78 is 8.81. The fourth-order valence-corrected chi connectivity index (χ4v) is 1.54. The molecule has 0 heterocycles. The Labute approximate surface area is 110 Å². The van der Waals surface area contributed by atoms with Crippen molar-refractivity contribution in [2.24, 2.45) is 0 Å². The number of nitro groups is 1. The maximum Gasteiger partial charge on any atom is 0.305 e. The van der Waals surface area contributed by atoms with E-state index in [9.17, 15) is 19.7 Å². The molecule has 0 amide bonds. The van der Waals surface area contributed by atoms with Gasteiger partial charge in [0, 0.05) is 24.2 Å². The van der Waals surface area contributed by atoms with Gasteiger partial charge in [-0.05, 0) is 18.0 Å². The van der Waals surface area contributed by atoms with Crippen LogP contribution in [-0.4, -0.2) is 36.1 Å². The average Bonchev–Trinajstić information content (AvgIpc) is 2.35. The molecule has 0 bridgehead atoms. The molecule has 0 radical (unpaired) electrons. The first kappa shape index (κ1) is 16.6. The Morgan fingerprint density at radius 1 is 1.17 bits per heavy atom. The van der Waals surface area contributed by atoms with Crippen LogP contribution in [0, 0.1) is 10.1 Å². The highest BCUT2D eigenvalue weighted by Gasteiger charge is 2.40. The summed E-state index contributed by atoms with van der Waals surface area (Å²) >= 11 is 5.84. The SMILES string of the molecule is COC(=O)CCCC(Cl)(CCC(=O)OC)[N+](=O)[O-]. The third kappa shape index (κ3) is 5.81.